The maximum absolute atomic E-state index is 12.3. The average Bonchev–Trinajstić information content (AvgIpc) is 3.33. The van der Waals surface area contributed by atoms with Crippen molar-refractivity contribution in [1.82, 2.24) is 20.2 Å². The zero-order valence-electron chi connectivity index (χ0n) is 18.9. The standard InChI is InChI=1S/C24H35N5O2S/c30-21(5-12-28-10-2-1-3-11-28)25-16-19-4-7-24(17-31-19)8-13-29(14-9-24)23-22-20(6-15-32-22)26-18-27-23/h6,15,18-19H,1-5,7-14,16-17H2,(H,25,30). The van der Waals surface area contributed by atoms with E-state index in [-0.39, 0.29) is 17.4 Å². The molecule has 5 heterocycles. The molecule has 3 fully saturated rings. The molecular formula is C24H35N5O2S. The molecule has 0 saturated carbocycles. The van der Waals surface area contributed by atoms with Gasteiger partial charge in [0.1, 0.15) is 12.1 Å². The van der Waals surface area contributed by atoms with Crippen LogP contribution in [0, 0.1) is 5.41 Å². The number of piperidine rings is 2. The van der Waals surface area contributed by atoms with Crippen LogP contribution >= 0.6 is 11.3 Å². The number of nitrogens with zero attached hydrogens (tertiary/aromatic N) is 4. The van der Waals surface area contributed by atoms with E-state index in [2.05, 4.69) is 36.5 Å². The van der Waals surface area contributed by atoms with E-state index in [9.17, 15) is 4.79 Å². The van der Waals surface area contributed by atoms with E-state index in [1.165, 1.54) is 30.4 Å². The Kier molecular flexibility index (Phi) is 6.90. The fraction of sp³-hybridized carbons (Fsp3) is 0.708. The lowest BCUT2D eigenvalue weighted by Crippen LogP contribution is -2.48. The highest BCUT2D eigenvalue weighted by Crippen LogP contribution is 2.42. The Hall–Kier alpha value is -1.77. The summed E-state index contributed by atoms with van der Waals surface area (Å²) in [5, 5.41) is 5.21. The average molecular weight is 458 g/mol. The monoisotopic (exact) mass is 457 g/mol. The number of anilines is 1. The summed E-state index contributed by atoms with van der Waals surface area (Å²) in [6.07, 6.45) is 10.8. The van der Waals surface area contributed by atoms with E-state index in [4.69, 9.17) is 4.74 Å². The number of likely N-dealkylation sites (tertiary alicyclic amines) is 1. The topological polar surface area (TPSA) is 70.6 Å². The maximum Gasteiger partial charge on any atom is 0.221 e. The van der Waals surface area contributed by atoms with E-state index >= 15 is 0 Å². The highest BCUT2D eigenvalue weighted by molar-refractivity contribution is 7.17. The summed E-state index contributed by atoms with van der Waals surface area (Å²) in [4.78, 5) is 26.1. The van der Waals surface area contributed by atoms with E-state index in [0.717, 1.165) is 69.9 Å². The SMILES string of the molecule is O=C(CCN1CCCCC1)NCC1CCC2(CCN(c3ncnc4ccsc34)CC2)CO1. The minimum Gasteiger partial charge on any atom is -0.376 e. The van der Waals surface area contributed by atoms with Crippen LogP contribution < -0.4 is 10.2 Å². The molecule has 32 heavy (non-hydrogen) atoms. The van der Waals surface area contributed by atoms with Crippen molar-refractivity contribution in [3.8, 4) is 0 Å². The van der Waals surface area contributed by atoms with Crippen LogP contribution in [-0.4, -0.2) is 72.8 Å². The molecule has 174 valence electrons. The van der Waals surface area contributed by atoms with Gasteiger partial charge in [0, 0.05) is 32.6 Å². The number of ether oxygens (including phenoxy) is 1. The lowest BCUT2D eigenvalue weighted by Gasteiger charge is -2.46. The molecule has 1 spiro atoms. The Morgan fingerprint density at radius 3 is 2.78 bits per heavy atom. The molecule has 8 heteroatoms. The van der Waals surface area contributed by atoms with Crippen LogP contribution in [0.1, 0.15) is 51.4 Å². The molecule has 1 atom stereocenters. The van der Waals surface area contributed by atoms with Crippen LogP contribution in [0.4, 0.5) is 5.82 Å². The largest absolute Gasteiger partial charge is 0.376 e. The Morgan fingerprint density at radius 2 is 2.00 bits per heavy atom. The second kappa shape index (κ2) is 10.0. The predicted molar refractivity (Wildman–Crippen MR) is 128 cm³/mol. The molecule has 1 N–H and O–H groups in total. The summed E-state index contributed by atoms with van der Waals surface area (Å²) in [6.45, 7) is 6.69. The number of hydrogen-bond acceptors (Lipinski definition) is 7. The minimum atomic E-state index is 0.158. The number of hydrogen-bond donors (Lipinski definition) is 1. The Labute approximate surface area is 194 Å². The fourth-order valence-electron chi connectivity index (χ4n) is 5.43. The first-order valence-electron chi connectivity index (χ1n) is 12.2. The Balaban J connectivity index is 1.04. The van der Waals surface area contributed by atoms with Crippen LogP contribution in [0.3, 0.4) is 0 Å². The van der Waals surface area contributed by atoms with E-state index in [1.807, 2.05) is 0 Å². The predicted octanol–water partition coefficient (Wildman–Crippen LogP) is 3.45. The van der Waals surface area contributed by atoms with Crippen molar-refractivity contribution in [3.05, 3.63) is 17.8 Å². The number of amides is 1. The van der Waals surface area contributed by atoms with Crippen molar-refractivity contribution in [3.63, 3.8) is 0 Å². The van der Waals surface area contributed by atoms with Crippen molar-refractivity contribution >= 4 is 33.3 Å². The summed E-state index contributed by atoms with van der Waals surface area (Å²) < 4.78 is 7.44. The van der Waals surface area contributed by atoms with Gasteiger partial charge in [-0.1, -0.05) is 6.42 Å². The first-order chi connectivity index (χ1) is 15.7. The van der Waals surface area contributed by atoms with Crippen molar-refractivity contribution < 1.29 is 9.53 Å². The van der Waals surface area contributed by atoms with E-state index in [0.29, 0.717) is 13.0 Å². The van der Waals surface area contributed by atoms with Crippen LogP contribution in [0.2, 0.25) is 0 Å². The molecule has 3 aliphatic rings. The van der Waals surface area contributed by atoms with Crippen molar-refractivity contribution in [1.29, 1.82) is 0 Å². The second-order valence-electron chi connectivity index (χ2n) is 9.75. The van der Waals surface area contributed by atoms with Crippen LogP contribution in [0.25, 0.3) is 10.2 Å². The summed E-state index contributed by atoms with van der Waals surface area (Å²) >= 11 is 1.73. The third kappa shape index (κ3) is 5.07. The van der Waals surface area contributed by atoms with Crippen LogP contribution in [0.5, 0.6) is 0 Å². The molecule has 7 nitrogen and oxygen atoms in total. The molecule has 3 aliphatic heterocycles. The number of fused-ring (bicyclic) bond motifs is 1. The first kappa shape index (κ1) is 22.0. The molecule has 0 bridgehead atoms. The lowest BCUT2D eigenvalue weighted by molar-refractivity contribution is -0.123. The third-order valence-electron chi connectivity index (χ3n) is 7.60. The lowest BCUT2D eigenvalue weighted by atomic mass is 9.73. The van der Waals surface area contributed by atoms with Gasteiger partial charge < -0.3 is 19.9 Å². The molecule has 0 aromatic carbocycles. The van der Waals surface area contributed by atoms with Gasteiger partial charge in [0.15, 0.2) is 0 Å². The van der Waals surface area contributed by atoms with E-state index < -0.39 is 0 Å². The quantitative estimate of drug-likeness (QED) is 0.717. The van der Waals surface area contributed by atoms with Gasteiger partial charge in [-0.15, -0.1) is 11.3 Å². The Morgan fingerprint density at radius 1 is 1.16 bits per heavy atom. The van der Waals surface area contributed by atoms with Crippen LogP contribution in [-0.2, 0) is 9.53 Å². The molecule has 3 saturated heterocycles. The molecule has 2 aromatic heterocycles. The van der Waals surface area contributed by atoms with E-state index in [1.54, 1.807) is 17.7 Å². The summed E-state index contributed by atoms with van der Waals surface area (Å²) in [7, 11) is 0. The normalized spacial score (nSPS) is 24.1. The molecule has 5 rings (SSSR count). The van der Waals surface area contributed by atoms with Gasteiger partial charge >= 0.3 is 0 Å². The van der Waals surface area contributed by atoms with Gasteiger partial charge in [0.25, 0.3) is 0 Å². The van der Waals surface area contributed by atoms with Gasteiger partial charge in [-0.2, -0.15) is 0 Å². The summed E-state index contributed by atoms with van der Waals surface area (Å²) in [5.74, 6) is 1.25. The zero-order valence-corrected chi connectivity index (χ0v) is 19.7. The maximum atomic E-state index is 12.3. The van der Waals surface area contributed by atoms with Crippen LogP contribution in [0.15, 0.2) is 17.8 Å². The fourth-order valence-corrected chi connectivity index (χ4v) is 6.29. The third-order valence-corrected chi connectivity index (χ3v) is 8.50. The van der Waals surface area contributed by atoms with Gasteiger partial charge in [-0.25, -0.2) is 9.97 Å². The summed E-state index contributed by atoms with van der Waals surface area (Å²) in [6, 6.07) is 2.07. The minimum absolute atomic E-state index is 0.158. The molecule has 1 amide bonds. The molecular weight excluding hydrogens is 422 g/mol. The number of thiophene rings is 1. The number of rotatable bonds is 6. The van der Waals surface area contributed by atoms with Gasteiger partial charge in [-0.05, 0) is 68.5 Å². The number of nitrogens with one attached hydrogen (secondary N) is 1. The molecule has 1 unspecified atom stereocenters. The van der Waals surface area contributed by atoms with Gasteiger partial charge in [0.2, 0.25) is 5.91 Å². The number of aromatic nitrogens is 2. The second-order valence-corrected chi connectivity index (χ2v) is 10.7. The van der Waals surface area contributed by atoms with Gasteiger partial charge in [0.05, 0.1) is 22.9 Å². The summed E-state index contributed by atoms with van der Waals surface area (Å²) in [5.41, 5.74) is 1.33. The molecule has 0 aliphatic carbocycles. The first-order valence-corrected chi connectivity index (χ1v) is 13.1. The smallest absolute Gasteiger partial charge is 0.221 e. The van der Waals surface area contributed by atoms with Crippen molar-refractivity contribution in [2.45, 2.75) is 57.5 Å². The van der Waals surface area contributed by atoms with Gasteiger partial charge in [-0.3, -0.25) is 4.79 Å². The zero-order chi connectivity index (χ0) is 21.8. The molecule has 0 radical (unpaired) electrons. The highest BCUT2D eigenvalue weighted by Gasteiger charge is 2.39. The number of carbonyl (C=O) groups is 1. The Bertz CT molecular complexity index is 895. The number of carbonyl (C=O) groups excluding carboxylic acids is 1. The van der Waals surface area contributed by atoms with Crippen molar-refractivity contribution in [2.24, 2.45) is 5.41 Å². The highest BCUT2D eigenvalue weighted by atomic mass is 32.1. The van der Waals surface area contributed by atoms with Crippen molar-refractivity contribution in [2.75, 3.05) is 50.8 Å². The molecule has 2 aromatic rings.